The number of phenolic OH excluding ortho intramolecular Hbond substituents is 1. The molecule has 2 aromatic rings. The van der Waals surface area contributed by atoms with Crippen LogP contribution in [0, 0.1) is 6.92 Å². The molecule has 0 saturated carbocycles. The van der Waals surface area contributed by atoms with E-state index in [4.69, 9.17) is 4.74 Å². The third-order valence-electron chi connectivity index (χ3n) is 4.96. The first-order valence-corrected chi connectivity index (χ1v) is 9.26. The van der Waals surface area contributed by atoms with Crippen molar-refractivity contribution in [1.29, 1.82) is 0 Å². The average molecular weight is 324 g/mol. The van der Waals surface area contributed by atoms with Gasteiger partial charge in [-0.05, 0) is 49.1 Å². The summed E-state index contributed by atoms with van der Waals surface area (Å²) in [5.41, 5.74) is 3.67. The molecule has 1 heterocycles. The summed E-state index contributed by atoms with van der Waals surface area (Å²) in [6.07, 6.45) is 8.61. The van der Waals surface area contributed by atoms with Gasteiger partial charge >= 0.3 is 0 Å². The summed E-state index contributed by atoms with van der Waals surface area (Å²) in [4.78, 5) is 0. The number of aromatic hydroxyl groups is 1. The van der Waals surface area contributed by atoms with Crippen molar-refractivity contribution < 1.29 is 9.84 Å². The van der Waals surface area contributed by atoms with Crippen LogP contribution in [0.3, 0.4) is 0 Å². The zero-order valence-electron chi connectivity index (χ0n) is 14.6. The first kappa shape index (κ1) is 16.9. The van der Waals surface area contributed by atoms with Crippen LogP contribution >= 0.6 is 0 Å². The van der Waals surface area contributed by atoms with Gasteiger partial charge in [-0.2, -0.15) is 0 Å². The van der Waals surface area contributed by atoms with Crippen molar-refractivity contribution in [3.63, 3.8) is 0 Å². The van der Waals surface area contributed by atoms with Crippen molar-refractivity contribution in [1.82, 2.24) is 0 Å². The largest absolute Gasteiger partial charge is 0.508 e. The molecule has 0 radical (unpaired) electrons. The minimum absolute atomic E-state index is 0.284. The molecule has 2 heteroatoms. The Morgan fingerprint density at radius 3 is 2.54 bits per heavy atom. The highest BCUT2D eigenvalue weighted by atomic mass is 16.5. The number of phenols is 1. The fourth-order valence-corrected chi connectivity index (χ4v) is 3.64. The maximum absolute atomic E-state index is 9.91. The smallest absolute Gasteiger partial charge is 0.123 e. The Kier molecular flexibility index (Phi) is 5.79. The second kappa shape index (κ2) is 8.23. The molecule has 0 spiro atoms. The van der Waals surface area contributed by atoms with Gasteiger partial charge in [-0.15, -0.1) is 0 Å². The van der Waals surface area contributed by atoms with E-state index >= 15 is 0 Å². The van der Waals surface area contributed by atoms with Gasteiger partial charge in [0.1, 0.15) is 11.5 Å². The minimum Gasteiger partial charge on any atom is -0.508 e. The molecule has 3 rings (SSSR count). The number of aryl methyl sites for hydroxylation is 1. The van der Waals surface area contributed by atoms with Crippen LogP contribution in [0.25, 0.3) is 0 Å². The van der Waals surface area contributed by atoms with Crippen LogP contribution in [0.2, 0.25) is 0 Å². The Bertz CT molecular complexity index is 663. The minimum atomic E-state index is 0.284. The summed E-state index contributed by atoms with van der Waals surface area (Å²) in [6, 6.07) is 14.3. The Morgan fingerprint density at radius 2 is 1.71 bits per heavy atom. The number of fused-ring (bicyclic) bond motifs is 1. The number of rotatable bonds is 1. The molecule has 2 nitrogen and oxygen atoms in total. The Labute approximate surface area is 145 Å². The molecule has 0 fully saturated rings. The summed E-state index contributed by atoms with van der Waals surface area (Å²) in [5.74, 6) is 1.64. The third-order valence-corrected chi connectivity index (χ3v) is 4.96. The SMILES string of the molecule is Cc1ccc2c(c1)OCCCCCCCCC2c1cccc(O)c1. The molecule has 2 aromatic carbocycles. The van der Waals surface area contributed by atoms with Crippen LogP contribution in [0.15, 0.2) is 42.5 Å². The van der Waals surface area contributed by atoms with Gasteiger partial charge in [-0.25, -0.2) is 0 Å². The average Bonchev–Trinajstić information content (AvgIpc) is 2.56. The van der Waals surface area contributed by atoms with Crippen LogP contribution in [0.1, 0.15) is 67.6 Å². The lowest BCUT2D eigenvalue weighted by atomic mass is 9.85. The number of hydrogen-bond acceptors (Lipinski definition) is 2. The fraction of sp³-hybridized carbons (Fsp3) is 0.455. The van der Waals surface area contributed by atoms with E-state index in [2.05, 4.69) is 31.2 Å². The molecule has 24 heavy (non-hydrogen) atoms. The van der Waals surface area contributed by atoms with E-state index in [0.29, 0.717) is 5.75 Å². The van der Waals surface area contributed by atoms with Gasteiger partial charge in [-0.1, -0.05) is 56.4 Å². The van der Waals surface area contributed by atoms with Crippen LogP contribution < -0.4 is 4.74 Å². The van der Waals surface area contributed by atoms with E-state index < -0.39 is 0 Å². The highest BCUT2D eigenvalue weighted by Crippen LogP contribution is 2.37. The zero-order chi connectivity index (χ0) is 16.8. The highest BCUT2D eigenvalue weighted by molar-refractivity contribution is 5.45. The standard InChI is InChI=1S/C22H28O2/c1-17-12-13-21-20(18-9-8-10-19(23)16-18)11-6-4-2-3-5-7-14-24-22(21)15-17/h8-10,12-13,15-16,20,23H,2-7,11,14H2,1H3. The summed E-state index contributed by atoms with van der Waals surface area (Å²) < 4.78 is 6.16. The molecule has 0 aromatic heterocycles. The van der Waals surface area contributed by atoms with Crippen molar-refractivity contribution in [2.45, 2.75) is 57.8 Å². The van der Waals surface area contributed by atoms with E-state index in [-0.39, 0.29) is 5.92 Å². The van der Waals surface area contributed by atoms with Crippen molar-refractivity contribution >= 4 is 0 Å². The van der Waals surface area contributed by atoms with Crippen LogP contribution in [-0.2, 0) is 0 Å². The quantitative estimate of drug-likeness (QED) is 0.701. The van der Waals surface area contributed by atoms with E-state index in [0.717, 1.165) is 25.2 Å². The molecule has 0 saturated heterocycles. The van der Waals surface area contributed by atoms with Crippen molar-refractivity contribution in [2.24, 2.45) is 0 Å². The van der Waals surface area contributed by atoms with Gasteiger partial charge in [0.15, 0.2) is 0 Å². The lowest BCUT2D eigenvalue weighted by molar-refractivity contribution is 0.298. The molecule has 1 unspecified atom stereocenters. The Balaban J connectivity index is 1.98. The van der Waals surface area contributed by atoms with Gasteiger partial charge in [0.2, 0.25) is 0 Å². The monoisotopic (exact) mass is 324 g/mol. The lowest BCUT2D eigenvalue weighted by Gasteiger charge is -2.23. The van der Waals surface area contributed by atoms with Crippen molar-refractivity contribution in [2.75, 3.05) is 6.61 Å². The molecule has 0 bridgehead atoms. The van der Waals surface area contributed by atoms with E-state index in [9.17, 15) is 5.11 Å². The predicted molar refractivity (Wildman–Crippen MR) is 98.9 cm³/mol. The molecule has 0 aliphatic carbocycles. The van der Waals surface area contributed by atoms with E-state index in [1.165, 1.54) is 48.8 Å². The van der Waals surface area contributed by atoms with Gasteiger partial charge < -0.3 is 9.84 Å². The Hall–Kier alpha value is -1.96. The topological polar surface area (TPSA) is 29.5 Å². The summed E-state index contributed by atoms with van der Waals surface area (Å²) >= 11 is 0. The maximum atomic E-state index is 9.91. The van der Waals surface area contributed by atoms with Crippen molar-refractivity contribution in [3.8, 4) is 11.5 Å². The van der Waals surface area contributed by atoms with E-state index in [1.54, 1.807) is 6.07 Å². The first-order valence-electron chi connectivity index (χ1n) is 9.26. The van der Waals surface area contributed by atoms with E-state index in [1.807, 2.05) is 12.1 Å². The molecule has 1 aliphatic rings. The number of hydrogen-bond donors (Lipinski definition) is 1. The van der Waals surface area contributed by atoms with Crippen molar-refractivity contribution in [3.05, 3.63) is 59.2 Å². The zero-order valence-corrected chi connectivity index (χ0v) is 14.6. The van der Waals surface area contributed by atoms with Gasteiger partial charge in [0.05, 0.1) is 6.61 Å². The molecular formula is C22H28O2. The number of ether oxygens (including phenoxy) is 1. The molecule has 1 aliphatic heterocycles. The third kappa shape index (κ3) is 4.31. The maximum Gasteiger partial charge on any atom is 0.123 e. The second-order valence-electron chi connectivity index (χ2n) is 6.95. The summed E-state index contributed by atoms with van der Waals surface area (Å²) in [7, 11) is 0. The summed E-state index contributed by atoms with van der Waals surface area (Å²) in [6.45, 7) is 2.91. The first-order chi connectivity index (χ1) is 11.7. The van der Waals surface area contributed by atoms with Crippen LogP contribution in [-0.4, -0.2) is 11.7 Å². The molecule has 0 amide bonds. The predicted octanol–water partition coefficient (Wildman–Crippen LogP) is 5.96. The lowest BCUT2D eigenvalue weighted by Crippen LogP contribution is -2.07. The van der Waals surface area contributed by atoms with Gasteiger partial charge in [0.25, 0.3) is 0 Å². The van der Waals surface area contributed by atoms with Gasteiger partial charge in [-0.3, -0.25) is 0 Å². The summed E-state index contributed by atoms with van der Waals surface area (Å²) in [5, 5.41) is 9.91. The van der Waals surface area contributed by atoms with Gasteiger partial charge in [0, 0.05) is 11.5 Å². The fourth-order valence-electron chi connectivity index (χ4n) is 3.64. The molecule has 1 atom stereocenters. The Morgan fingerprint density at radius 1 is 0.917 bits per heavy atom. The second-order valence-corrected chi connectivity index (χ2v) is 6.95. The molecule has 1 N–H and O–H groups in total. The molecular weight excluding hydrogens is 296 g/mol. The highest BCUT2D eigenvalue weighted by Gasteiger charge is 2.19. The normalized spacial score (nSPS) is 19.5. The molecule has 128 valence electrons. The van der Waals surface area contributed by atoms with Crippen LogP contribution in [0.4, 0.5) is 0 Å². The number of benzene rings is 2. The van der Waals surface area contributed by atoms with Crippen LogP contribution in [0.5, 0.6) is 11.5 Å².